The molecule has 1 aromatic carbocycles. The lowest BCUT2D eigenvalue weighted by molar-refractivity contribution is 0.242. The van der Waals surface area contributed by atoms with E-state index in [9.17, 15) is 0 Å². The van der Waals surface area contributed by atoms with Crippen LogP contribution in [0.15, 0.2) is 41.8 Å². The van der Waals surface area contributed by atoms with Gasteiger partial charge in [-0.05, 0) is 43.0 Å². The average Bonchev–Trinajstić information content (AvgIpc) is 2.92. The second-order valence-electron chi connectivity index (χ2n) is 4.99. The Morgan fingerprint density at radius 2 is 2.10 bits per heavy atom. The summed E-state index contributed by atoms with van der Waals surface area (Å²) >= 11 is 1.75. The third kappa shape index (κ3) is 4.34. The molecule has 1 atom stereocenters. The molecule has 0 bridgehead atoms. The van der Waals surface area contributed by atoms with Crippen LogP contribution < -0.4 is 15.8 Å². The van der Waals surface area contributed by atoms with E-state index in [1.807, 2.05) is 26.0 Å². The zero-order chi connectivity index (χ0) is 14.4. The molecule has 20 heavy (non-hydrogen) atoms. The molecule has 1 unspecified atom stereocenters. The lowest BCUT2D eigenvalue weighted by atomic mass is 10.1. The first-order valence-corrected chi connectivity index (χ1v) is 7.79. The minimum atomic E-state index is 0.146. The predicted molar refractivity (Wildman–Crippen MR) is 85.2 cm³/mol. The molecule has 0 saturated carbocycles. The molecule has 2 rings (SSSR count). The van der Waals surface area contributed by atoms with E-state index in [-0.39, 0.29) is 12.1 Å². The van der Waals surface area contributed by atoms with Crippen LogP contribution in [0.2, 0.25) is 0 Å². The number of hydrogen-bond donors (Lipinski definition) is 2. The molecule has 0 aliphatic heterocycles. The van der Waals surface area contributed by atoms with Crippen molar-refractivity contribution < 1.29 is 4.74 Å². The van der Waals surface area contributed by atoms with Crippen molar-refractivity contribution in [3.8, 4) is 5.75 Å². The highest BCUT2D eigenvalue weighted by molar-refractivity contribution is 7.09. The zero-order valence-corrected chi connectivity index (χ0v) is 12.8. The van der Waals surface area contributed by atoms with Crippen LogP contribution in [0, 0.1) is 0 Å². The molecule has 0 amide bonds. The van der Waals surface area contributed by atoms with Crippen LogP contribution >= 0.6 is 11.3 Å². The van der Waals surface area contributed by atoms with Crippen LogP contribution in [-0.4, -0.2) is 12.6 Å². The van der Waals surface area contributed by atoms with E-state index in [0.717, 1.165) is 12.3 Å². The van der Waals surface area contributed by atoms with Crippen molar-refractivity contribution in [2.45, 2.75) is 32.5 Å². The van der Waals surface area contributed by atoms with Gasteiger partial charge in [0, 0.05) is 24.0 Å². The highest BCUT2D eigenvalue weighted by Gasteiger charge is 2.10. The zero-order valence-electron chi connectivity index (χ0n) is 12.0. The number of thiophene rings is 1. The topological polar surface area (TPSA) is 47.3 Å². The highest BCUT2D eigenvalue weighted by atomic mass is 32.1. The maximum atomic E-state index is 5.90. The molecule has 3 nitrogen and oxygen atoms in total. The van der Waals surface area contributed by atoms with Gasteiger partial charge in [-0.15, -0.1) is 11.3 Å². The van der Waals surface area contributed by atoms with Crippen LogP contribution in [0.25, 0.3) is 0 Å². The standard InChI is InChI=1S/C16H22N2OS/c1-12(2)19-14-6-3-5-13(9-14)16(10-17)18-11-15-7-4-8-20-15/h3-9,12,16,18H,10-11,17H2,1-2H3. The smallest absolute Gasteiger partial charge is 0.120 e. The van der Waals surface area contributed by atoms with Gasteiger partial charge in [0.15, 0.2) is 0 Å². The van der Waals surface area contributed by atoms with E-state index < -0.39 is 0 Å². The third-order valence-electron chi connectivity index (χ3n) is 2.97. The Kier molecular flexibility index (Phi) is 5.59. The van der Waals surface area contributed by atoms with E-state index >= 15 is 0 Å². The minimum absolute atomic E-state index is 0.146. The Morgan fingerprint density at radius 3 is 2.75 bits per heavy atom. The maximum absolute atomic E-state index is 5.90. The maximum Gasteiger partial charge on any atom is 0.120 e. The molecule has 0 aliphatic rings. The van der Waals surface area contributed by atoms with Crippen molar-refractivity contribution in [1.82, 2.24) is 5.32 Å². The summed E-state index contributed by atoms with van der Waals surface area (Å²) in [7, 11) is 0. The number of rotatable bonds is 7. The second kappa shape index (κ2) is 7.43. The van der Waals surface area contributed by atoms with E-state index in [2.05, 4.69) is 35.0 Å². The molecule has 4 heteroatoms. The van der Waals surface area contributed by atoms with Crippen molar-refractivity contribution in [1.29, 1.82) is 0 Å². The Balaban J connectivity index is 2.02. The molecule has 108 valence electrons. The molecule has 0 saturated heterocycles. The molecule has 2 aromatic rings. The van der Waals surface area contributed by atoms with Crippen LogP contribution in [0.1, 0.15) is 30.3 Å². The molecule has 0 radical (unpaired) electrons. The normalized spacial score (nSPS) is 12.6. The van der Waals surface area contributed by atoms with Gasteiger partial charge in [-0.2, -0.15) is 0 Å². The molecule has 3 N–H and O–H groups in total. The molecule has 0 aliphatic carbocycles. The minimum Gasteiger partial charge on any atom is -0.491 e. The number of hydrogen-bond acceptors (Lipinski definition) is 4. The van der Waals surface area contributed by atoms with Crippen molar-refractivity contribution in [2.75, 3.05) is 6.54 Å². The summed E-state index contributed by atoms with van der Waals surface area (Å²) in [6.07, 6.45) is 0.181. The molecule has 0 fully saturated rings. The van der Waals surface area contributed by atoms with Gasteiger partial charge in [0.25, 0.3) is 0 Å². The van der Waals surface area contributed by atoms with Crippen molar-refractivity contribution in [2.24, 2.45) is 5.73 Å². The first-order chi connectivity index (χ1) is 9.69. The lowest BCUT2D eigenvalue weighted by Crippen LogP contribution is -2.27. The first-order valence-electron chi connectivity index (χ1n) is 6.91. The summed E-state index contributed by atoms with van der Waals surface area (Å²) in [6, 6.07) is 12.5. The fourth-order valence-electron chi connectivity index (χ4n) is 2.05. The largest absolute Gasteiger partial charge is 0.491 e. The van der Waals surface area contributed by atoms with Crippen LogP contribution in [0.3, 0.4) is 0 Å². The highest BCUT2D eigenvalue weighted by Crippen LogP contribution is 2.20. The van der Waals surface area contributed by atoms with Crippen LogP contribution in [0.4, 0.5) is 0 Å². The third-order valence-corrected chi connectivity index (χ3v) is 3.85. The molecular weight excluding hydrogens is 268 g/mol. The van der Waals surface area contributed by atoms with Gasteiger partial charge in [-0.25, -0.2) is 0 Å². The van der Waals surface area contributed by atoms with Gasteiger partial charge in [0.2, 0.25) is 0 Å². The van der Waals surface area contributed by atoms with E-state index in [0.29, 0.717) is 6.54 Å². The summed E-state index contributed by atoms with van der Waals surface area (Å²) < 4.78 is 5.73. The fourth-order valence-corrected chi connectivity index (χ4v) is 2.71. The van der Waals surface area contributed by atoms with Gasteiger partial charge in [-0.1, -0.05) is 18.2 Å². The van der Waals surface area contributed by atoms with E-state index in [4.69, 9.17) is 10.5 Å². The van der Waals surface area contributed by atoms with Gasteiger partial charge < -0.3 is 15.8 Å². The SMILES string of the molecule is CC(C)Oc1cccc(C(CN)NCc2cccs2)c1. The molecular formula is C16H22N2OS. The van der Waals surface area contributed by atoms with Crippen LogP contribution in [-0.2, 0) is 6.54 Å². The quantitative estimate of drug-likeness (QED) is 0.822. The summed E-state index contributed by atoms with van der Waals surface area (Å²) in [4.78, 5) is 1.32. The first kappa shape index (κ1) is 15.0. The number of ether oxygens (including phenoxy) is 1. The lowest BCUT2D eigenvalue weighted by Gasteiger charge is -2.18. The van der Waals surface area contributed by atoms with Crippen molar-refractivity contribution in [3.05, 3.63) is 52.2 Å². The number of benzene rings is 1. The fraction of sp³-hybridized carbons (Fsp3) is 0.375. The van der Waals surface area contributed by atoms with Gasteiger partial charge >= 0.3 is 0 Å². The van der Waals surface area contributed by atoms with E-state index in [1.165, 1.54) is 10.4 Å². The summed E-state index contributed by atoms with van der Waals surface area (Å²) in [5.74, 6) is 0.897. The predicted octanol–water partition coefficient (Wildman–Crippen LogP) is 3.32. The summed E-state index contributed by atoms with van der Waals surface area (Å²) in [5.41, 5.74) is 7.06. The summed E-state index contributed by atoms with van der Waals surface area (Å²) in [6.45, 7) is 5.47. The Hall–Kier alpha value is -1.36. The summed E-state index contributed by atoms with van der Waals surface area (Å²) in [5, 5.41) is 5.59. The van der Waals surface area contributed by atoms with Crippen molar-refractivity contribution in [3.63, 3.8) is 0 Å². The molecule has 1 aromatic heterocycles. The Morgan fingerprint density at radius 1 is 1.25 bits per heavy atom. The molecule has 0 spiro atoms. The average molecular weight is 290 g/mol. The number of nitrogens with one attached hydrogen (secondary N) is 1. The Labute approximate surface area is 124 Å². The van der Waals surface area contributed by atoms with Gasteiger partial charge in [0.1, 0.15) is 5.75 Å². The van der Waals surface area contributed by atoms with Gasteiger partial charge in [-0.3, -0.25) is 0 Å². The Bertz CT molecular complexity index is 511. The second-order valence-corrected chi connectivity index (χ2v) is 6.02. The van der Waals surface area contributed by atoms with Crippen LogP contribution in [0.5, 0.6) is 5.75 Å². The van der Waals surface area contributed by atoms with E-state index in [1.54, 1.807) is 11.3 Å². The monoisotopic (exact) mass is 290 g/mol. The molecule has 1 heterocycles. The van der Waals surface area contributed by atoms with Crippen molar-refractivity contribution >= 4 is 11.3 Å². The van der Waals surface area contributed by atoms with Gasteiger partial charge in [0.05, 0.1) is 6.10 Å². The number of nitrogens with two attached hydrogens (primary N) is 1.